The standard InChI is InChI=1S/C12H19N3.ClH/c13-9-10-4-6-11(7-5-10)15-12-3-1-2-8-14-12;/h1-3,8,10-11H,4-7,9,13H2,(H,14,15);1H. The van der Waals surface area contributed by atoms with E-state index in [-0.39, 0.29) is 12.4 Å². The smallest absolute Gasteiger partial charge is 0.126 e. The quantitative estimate of drug-likeness (QED) is 0.855. The maximum Gasteiger partial charge on any atom is 0.126 e. The average Bonchev–Trinajstić information content (AvgIpc) is 2.31. The van der Waals surface area contributed by atoms with Crippen LogP contribution < -0.4 is 11.1 Å². The third kappa shape index (κ3) is 3.65. The first-order valence-corrected chi connectivity index (χ1v) is 5.76. The van der Waals surface area contributed by atoms with Gasteiger partial charge in [-0.2, -0.15) is 0 Å². The monoisotopic (exact) mass is 241 g/mol. The van der Waals surface area contributed by atoms with Crippen molar-refractivity contribution in [2.45, 2.75) is 31.7 Å². The van der Waals surface area contributed by atoms with Crippen LogP contribution >= 0.6 is 12.4 Å². The summed E-state index contributed by atoms with van der Waals surface area (Å²) in [4.78, 5) is 4.28. The summed E-state index contributed by atoms with van der Waals surface area (Å²) >= 11 is 0. The van der Waals surface area contributed by atoms with Crippen LogP contribution in [0, 0.1) is 5.92 Å². The molecule has 0 amide bonds. The minimum atomic E-state index is 0. The fourth-order valence-corrected chi connectivity index (χ4v) is 2.20. The summed E-state index contributed by atoms with van der Waals surface area (Å²) in [6.07, 6.45) is 6.77. The molecular weight excluding hydrogens is 222 g/mol. The molecule has 16 heavy (non-hydrogen) atoms. The van der Waals surface area contributed by atoms with Crippen molar-refractivity contribution in [2.24, 2.45) is 11.7 Å². The Balaban J connectivity index is 0.00000128. The van der Waals surface area contributed by atoms with Crippen molar-refractivity contribution in [3.63, 3.8) is 0 Å². The minimum absolute atomic E-state index is 0. The summed E-state index contributed by atoms with van der Waals surface area (Å²) in [7, 11) is 0. The number of nitrogens with zero attached hydrogens (tertiary/aromatic N) is 1. The number of pyridine rings is 1. The highest BCUT2D eigenvalue weighted by molar-refractivity contribution is 5.85. The first-order chi connectivity index (χ1) is 7.38. The molecule has 1 fully saturated rings. The molecule has 1 aromatic rings. The highest BCUT2D eigenvalue weighted by Gasteiger charge is 2.19. The van der Waals surface area contributed by atoms with Gasteiger partial charge in [-0.15, -0.1) is 12.4 Å². The normalized spacial score (nSPS) is 24.6. The summed E-state index contributed by atoms with van der Waals surface area (Å²) in [5.41, 5.74) is 5.67. The molecule has 90 valence electrons. The van der Waals surface area contributed by atoms with Crippen LogP contribution in [0.4, 0.5) is 5.82 Å². The highest BCUT2D eigenvalue weighted by atomic mass is 35.5. The van der Waals surface area contributed by atoms with E-state index in [1.807, 2.05) is 24.4 Å². The number of nitrogens with one attached hydrogen (secondary N) is 1. The molecule has 0 aromatic carbocycles. The molecular formula is C12H20ClN3. The number of aromatic nitrogens is 1. The zero-order valence-corrected chi connectivity index (χ0v) is 10.2. The molecule has 1 aliphatic carbocycles. The van der Waals surface area contributed by atoms with Gasteiger partial charge in [-0.05, 0) is 50.3 Å². The van der Waals surface area contributed by atoms with Gasteiger partial charge in [0.1, 0.15) is 5.82 Å². The Kier molecular flexibility index (Phi) is 5.56. The first-order valence-electron chi connectivity index (χ1n) is 5.76. The third-order valence-electron chi connectivity index (χ3n) is 3.20. The molecule has 3 N–H and O–H groups in total. The molecule has 0 radical (unpaired) electrons. The second-order valence-electron chi connectivity index (χ2n) is 4.31. The highest BCUT2D eigenvalue weighted by Crippen LogP contribution is 2.25. The number of hydrogen-bond acceptors (Lipinski definition) is 3. The van der Waals surface area contributed by atoms with E-state index >= 15 is 0 Å². The zero-order valence-electron chi connectivity index (χ0n) is 9.43. The largest absolute Gasteiger partial charge is 0.367 e. The van der Waals surface area contributed by atoms with E-state index in [1.54, 1.807) is 0 Å². The fraction of sp³-hybridized carbons (Fsp3) is 0.583. The van der Waals surface area contributed by atoms with Crippen molar-refractivity contribution in [1.29, 1.82) is 0 Å². The molecule has 3 nitrogen and oxygen atoms in total. The van der Waals surface area contributed by atoms with Gasteiger partial charge < -0.3 is 11.1 Å². The van der Waals surface area contributed by atoms with Crippen LogP contribution in [-0.2, 0) is 0 Å². The molecule has 0 saturated heterocycles. The molecule has 0 atom stereocenters. The van der Waals surface area contributed by atoms with Gasteiger partial charge in [-0.25, -0.2) is 4.98 Å². The van der Waals surface area contributed by atoms with Gasteiger partial charge >= 0.3 is 0 Å². The number of halogens is 1. The molecule has 4 heteroatoms. The Bertz CT molecular complexity index is 284. The van der Waals surface area contributed by atoms with Gasteiger partial charge in [-0.3, -0.25) is 0 Å². The molecule has 0 aliphatic heterocycles. The van der Waals surface area contributed by atoms with Crippen LogP contribution in [0.25, 0.3) is 0 Å². The topological polar surface area (TPSA) is 50.9 Å². The number of hydrogen-bond donors (Lipinski definition) is 2. The lowest BCUT2D eigenvalue weighted by Gasteiger charge is -2.28. The predicted molar refractivity (Wildman–Crippen MR) is 69.9 cm³/mol. The predicted octanol–water partition coefficient (Wildman–Crippen LogP) is 2.43. The van der Waals surface area contributed by atoms with Gasteiger partial charge in [0.2, 0.25) is 0 Å². The molecule has 1 saturated carbocycles. The van der Waals surface area contributed by atoms with Gasteiger partial charge in [0, 0.05) is 12.2 Å². The summed E-state index contributed by atoms with van der Waals surface area (Å²) < 4.78 is 0. The molecule has 2 rings (SSSR count). The van der Waals surface area contributed by atoms with Crippen LogP contribution in [-0.4, -0.2) is 17.6 Å². The zero-order chi connectivity index (χ0) is 10.5. The van der Waals surface area contributed by atoms with Crippen LogP contribution in [0.5, 0.6) is 0 Å². The van der Waals surface area contributed by atoms with Crippen molar-refractivity contribution < 1.29 is 0 Å². The van der Waals surface area contributed by atoms with Gasteiger partial charge in [0.05, 0.1) is 0 Å². The van der Waals surface area contributed by atoms with E-state index in [0.717, 1.165) is 18.3 Å². The second kappa shape index (κ2) is 6.71. The molecule has 1 aromatic heterocycles. The number of anilines is 1. The van der Waals surface area contributed by atoms with E-state index in [2.05, 4.69) is 10.3 Å². The summed E-state index contributed by atoms with van der Waals surface area (Å²) in [6.45, 7) is 0.844. The van der Waals surface area contributed by atoms with Crippen LogP contribution in [0.2, 0.25) is 0 Å². The van der Waals surface area contributed by atoms with Crippen molar-refractivity contribution in [1.82, 2.24) is 4.98 Å². The molecule has 0 bridgehead atoms. The van der Waals surface area contributed by atoms with E-state index in [4.69, 9.17) is 5.73 Å². The number of nitrogens with two attached hydrogens (primary N) is 1. The van der Waals surface area contributed by atoms with Crippen LogP contribution in [0.3, 0.4) is 0 Å². The number of rotatable bonds is 3. The van der Waals surface area contributed by atoms with E-state index in [9.17, 15) is 0 Å². The summed E-state index contributed by atoms with van der Waals surface area (Å²) in [6, 6.07) is 6.56. The van der Waals surface area contributed by atoms with Crippen molar-refractivity contribution in [3.8, 4) is 0 Å². The third-order valence-corrected chi connectivity index (χ3v) is 3.20. The van der Waals surface area contributed by atoms with E-state index in [1.165, 1.54) is 25.7 Å². The lowest BCUT2D eigenvalue weighted by atomic mass is 9.86. The SMILES string of the molecule is Cl.NCC1CCC(Nc2ccccn2)CC1. The van der Waals surface area contributed by atoms with Crippen molar-refractivity contribution >= 4 is 18.2 Å². The van der Waals surface area contributed by atoms with Crippen LogP contribution in [0.1, 0.15) is 25.7 Å². The average molecular weight is 242 g/mol. The molecule has 1 heterocycles. The van der Waals surface area contributed by atoms with Crippen molar-refractivity contribution in [3.05, 3.63) is 24.4 Å². The fourth-order valence-electron chi connectivity index (χ4n) is 2.20. The Morgan fingerprint density at radius 2 is 2.00 bits per heavy atom. The summed E-state index contributed by atoms with van der Waals surface area (Å²) in [5.74, 6) is 1.74. The maximum atomic E-state index is 5.67. The Hall–Kier alpha value is -0.800. The lowest BCUT2D eigenvalue weighted by Crippen LogP contribution is -2.29. The van der Waals surface area contributed by atoms with Gasteiger partial charge in [0.25, 0.3) is 0 Å². The van der Waals surface area contributed by atoms with E-state index < -0.39 is 0 Å². The Morgan fingerprint density at radius 1 is 1.25 bits per heavy atom. The first kappa shape index (κ1) is 13.3. The minimum Gasteiger partial charge on any atom is -0.367 e. The molecule has 0 spiro atoms. The lowest BCUT2D eigenvalue weighted by molar-refractivity contribution is 0.344. The van der Waals surface area contributed by atoms with Crippen LogP contribution in [0.15, 0.2) is 24.4 Å². The Morgan fingerprint density at radius 3 is 2.56 bits per heavy atom. The summed E-state index contributed by atoms with van der Waals surface area (Å²) in [5, 5.41) is 3.47. The van der Waals surface area contributed by atoms with E-state index in [0.29, 0.717) is 6.04 Å². The Labute approximate surface area is 103 Å². The second-order valence-corrected chi connectivity index (χ2v) is 4.31. The molecule has 0 unspecified atom stereocenters. The van der Waals surface area contributed by atoms with Crippen molar-refractivity contribution in [2.75, 3.05) is 11.9 Å². The molecule has 1 aliphatic rings. The van der Waals surface area contributed by atoms with Gasteiger partial charge in [0.15, 0.2) is 0 Å². The van der Waals surface area contributed by atoms with Gasteiger partial charge in [-0.1, -0.05) is 6.07 Å². The maximum absolute atomic E-state index is 5.67.